The zero-order chi connectivity index (χ0) is 21.1. The molecule has 6 nitrogen and oxygen atoms in total. The maximum absolute atomic E-state index is 11.0. The Morgan fingerprint density at radius 3 is 1.23 bits per heavy atom. The number of carboxylic acids is 2. The van der Waals surface area contributed by atoms with Crippen LogP contribution in [0.3, 0.4) is 0 Å². The van der Waals surface area contributed by atoms with Crippen LogP contribution in [0.1, 0.15) is 20.7 Å². The minimum Gasteiger partial charge on any atom is -0.478 e. The summed E-state index contributed by atoms with van der Waals surface area (Å²) in [4.78, 5) is 22.0. The molecule has 0 radical (unpaired) electrons. The van der Waals surface area contributed by atoms with E-state index in [0.29, 0.717) is 23.0 Å². The summed E-state index contributed by atoms with van der Waals surface area (Å²) >= 11 is 0. The van der Waals surface area contributed by atoms with E-state index in [4.69, 9.17) is 19.7 Å². The highest BCUT2D eigenvalue weighted by Crippen LogP contribution is 2.36. The van der Waals surface area contributed by atoms with E-state index in [-0.39, 0.29) is 11.1 Å². The molecular formula is C24H16O6. The Balaban J connectivity index is 1.64. The highest BCUT2D eigenvalue weighted by Gasteiger charge is 2.10. The molecule has 0 spiro atoms. The van der Waals surface area contributed by atoms with Crippen LogP contribution in [0.15, 0.2) is 84.9 Å². The fourth-order valence-corrected chi connectivity index (χ4v) is 3.02. The van der Waals surface area contributed by atoms with Crippen LogP contribution >= 0.6 is 0 Å². The molecule has 148 valence electrons. The summed E-state index contributed by atoms with van der Waals surface area (Å²) in [6.07, 6.45) is 0. The summed E-state index contributed by atoms with van der Waals surface area (Å²) in [5.41, 5.74) is 0.370. The summed E-state index contributed by atoms with van der Waals surface area (Å²) in [7, 11) is 0. The molecule has 4 aromatic carbocycles. The maximum Gasteiger partial charge on any atom is 0.335 e. The molecule has 0 aliphatic rings. The zero-order valence-electron chi connectivity index (χ0n) is 15.6. The van der Waals surface area contributed by atoms with E-state index in [0.717, 1.165) is 10.8 Å². The van der Waals surface area contributed by atoms with E-state index in [2.05, 4.69) is 0 Å². The maximum atomic E-state index is 11.0. The number of aromatic carboxylic acids is 2. The van der Waals surface area contributed by atoms with Crippen molar-refractivity contribution in [2.75, 3.05) is 0 Å². The summed E-state index contributed by atoms with van der Waals surface area (Å²) in [6, 6.07) is 23.5. The highest BCUT2D eigenvalue weighted by molar-refractivity contribution is 5.93. The van der Waals surface area contributed by atoms with Gasteiger partial charge in [0.05, 0.1) is 11.1 Å². The van der Waals surface area contributed by atoms with Crippen LogP contribution in [0.2, 0.25) is 0 Å². The predicted molar refractivity (Wildman–Crippen MR) is 111 cm³/mol. The molecule has 0 fully saturated rings. The van der Waals surface area contributed by atoms with Crippen molar-refractivity contribution in [3.8, 4) is 23.0 Å². The molecule has 6 heteroatoms. The number of ether oxygens (including phenoxy) is 2. The van der Waals surface area contributed by atoms with Crippen LogP contribution < -0.4 is 9.47 Å². The molecule has 0 saturated heterocycles. The Hall–Kier alpha value is -4.32. The Morgan fingerprint density at radius 1 is 0.533 bits per heavy atom. The largest absolute Gasteiger partial charge is 0.478 e. The third-order valence-corrected chi connectivity index (χ3v) is 4.50. The van der Waals surface area contributed by atoms with Crippen LogP contribution in [0.5, 0.6) is 23.0 Å². The molecule has 0 heterocycles. The van der Waals surface area contributed by atoms with E-state index < -0.39 is 11.9 Å². The lowest BCUT2D eigenvalue weighted by atomic mass is 10.1. The summed E-state index contributed by atoms with van der Waals surface area (Å²) in [6.45, 7) is 0. The second-order valence-electron chi connectivity index (χ2n) is 6.47. The molecule has 0 bridgehead atoms. The summed E-state index contributed by atoms with van der Waals surface area (Å²) in [5.74, 6) is 0.241. The highest BCUT2D eigenvalue weighted by atomic mass is 16.5. The predicted octanol–water partition coefficient (Wildman–Crippen LogP) is 5.82. The van der Waals surface area contributed by atoms with Crippen molar-refractivity contribution < 1.29 is 29.3 Å². The Labute approximate surface area is 171 Å². The molecule has 0 unspecified atom stereocenters. The van der Waals surface area contributed by atoms with Gasteiger partial charge in [0.1, 0.15) is 23.0 Å². The first-order chi connectivity index (χ1) is 14.5. The Morgan fingerprint density at radius 2 is 0.900 bits per heavy atom. The quantitative estimate of drug-likeness (QED) is 0.424. The number of carbonyl (C=O) groups is 2. The zero-order valence-corrected chi connectivity index (χ0v) is 15.6. The number of rotatable bonds is 6. The Bertz CT molecular complexity index is 1130. The van der Waals surface area contributed by atoms with Gasteiger partial charge in [-0.3, -0.25) is 0 Å². The van der Waals surface area contributed by atoms with E-state index in [1.165, 1.54) is 24.3 Å². The van der Waals surface area contributed by atoms with Crippen molar-refractivity contribution in [2.24, 2.45) is 0 Å². The molecule has 0 aliphatic heterocycles. The molecule has 4 rings (SSSR count). The van der Waals surface area contributed by atoms with E-state index in [1.54, 1.807) is 24.3 Å². The number of carboxylic acid groups (broad SMARTS) is 2. The molecule has 0 aromatic heterocycles. The summed E-state index contributed by atoms with van der Waals surface area (Å²) < 4.78 is 11.9. The van der Waals surface area contributed by atoms with Crippen molar-refractivity contribution in [3.05, 3.63) is 96.1 Å². The normalized spacial score (nSPS) is 10.5. The minimum absolute atomic E-state index is 0.185. The average Bonchev–Trinajstić information content (AvgIpc) is 2.75. The summed E-state index contributed by atoms with van der Waals surface area (Å²) in [5, 5.41) is 19.7. The molecule has 0 aliphatic carbocycles. The van der Waals surface area contributed by atoms with E-state index >= 15 is 0 Å². The van der Waals surface area contributed by atoms with Gasteiger partial charge in [0.25, 0.3) is 0 Å². The molecule has 2 N–H and O–H groups in total. The molecule has 30 heavy (non-hydrogen) atoms. The second-order valence-corrected chi connectivity index (χ2v) is 6.47. The van der Waals surface area contributed by atoms with E-state index in [9.17, 15) is 9.59 Å². The van der Waals surface area contributed by atoms with Crippen molar-refractivity contribution in [1.29, 1.82) is 0 Å². The fraction of sp³-hybridized carbons (Fsp3) is 0. The second kappa shape index (κ2) is 7.97. The third-order valence-electron chi connectivity index (χ3n) is 4.50. The van der Waals surface area contributed by atoms with Crippen LogP contribution in [0.25, 0.3) is 10.8 Å². The lowest BCUT2D eigenvalue weighted by Gasteiger charge is -2.13. The molecule has 0 atom stereocenters. The molecule has 0 amide bonds. The first-order valence-corrected chi connectivity index (χ1v) is 9.05. The fourth-order valence-electron chi connectivity index (χ4n) is 3.02. The van der Waals surface area contributed by atoms with Gasteiger partial charge in [-0.2, -0.15) is 0 Å². The van der Waals surface area contributed by atoms with Crippen molar-refractivity contribution in [1.82, 2.24) is 0 Å². The average molecular weight is 400 g/mol. The van der Waals surface area contributed by atoms with Gasteiger partial charge in [0.2, 0.25) is 0 Å². The van der Waals surface area contributed by atoms with Gasteiger partial charge in [-0.1, -0.05) is 24.3 Å². The lowest BCUT2D eigenvalue weighted by molar-refractivity contribution is 0.0686. The van der Waals surface area contributed by atoms with Gasteiger partial charge in [-0.25, -0.2) is 9.59 Å². The molecule has 4 aromatic rings. The molecule has 0 saturated carbocycles. The van der Waals surface area contributed by atoms with E-state index in [1.807, 2.05) is 36.4 Å². The van der Waals surface area contributed by atoms with Crippen molar-refractivity contribution in [3.63, 3.8) is 0 Å². The number of hydrogen-bond acceptors (Lipinski definition) is 4. The first-order valence-electron chi connectivity index (χ1n) is 9.05. The van der Waals surface area contributed by atoms with Crippen molar-refractivity contribution in [2.45, 2.75) is 0 Å². The number of fused-ring (bicyclic) bond motifs is 1. The topological polar surface area (TPSA) is 93.1 Å². The standard InChI is InChI=1S/C24H16O6/c25-23(26)15-7-11-17(12-8-15)29-21-5-1-3-19-20(21)4-2-6-22(19)30-18-13-9-16(10-14-18)24(27)28/h1-14H,(H,25,26)(H,27,28). The van der Waals surface area contributed by atoms with Gasteiger partial charge in [0, 0.05) is 10.8 Å². The van der Waals surface area contributed by atoms with Gasteiger partial charge < -0.3 is 19.7 Å². The van der Waals surface area contributed by atoms with Crippen LogP contribution in [-0.4, -0.2) is 22.2 Å². The van der Waals surface area contributed by atoms with Crippen molar-refractivity contribution >= 4 is 22.7 Å². The van der Waals surface area contributed by atoms with Gasteiger partial charge in [0.15, 0.2) is 0 Å². The SMILES string of the molecule is O=C(O)c1ccc(Oc2cccc3c(Oc4ccc(C(=O)O)cc4)cccc23)cc1. The van der Waals surface area contributed by atoms with Gasteiger partial charge in [-0.15, -0.1) is 0 Å². The minimum atomic E-state index is -0.995. The lowest BCUT2D eigenvalue weighted by Crippen LogP contribution is -1.96. The Kier molecular flexibility index (Phi) is 5.05. The first kappa shape index (κ1) is 19.0. The molecular weight excluding hydrogens is 384 g/mol. The number of benzene rings is 4. The monoisotopic (exact) mass is 400 g/mol. The van der Waals surface area contributed by atoms with Gasteiger partial charge >= 0.3 is 11.9 Å². The smallest absolute Gasteiger partial charge is 0.335 e. The van der Waals surface area contributed by atoms with Crippen LogP contribution in [0, 0.1) is 0 Å². The van der Waals surface area contributed by atoms with Crippen LogP contribution in [-0.2, 0) is 0 Å². The van der Waals surface area contributed by atoms with Gasteiger partial charge in [-0.05, 0) is 60.7 Å². The van der Waals surface area contributed by atoms with Crippen LogP contribution in [0.4, 0.5) is 0 Å². The number of hydrogen-bond donors (Lipinski definition) is 2. The third kappa shape index (κ3) is 3.93.